The minimum Gasteiger partial charge on any atom is -0.344 e. The molecule has 2 heterocycles. The van der Waals surface area contributed by atoms with Gasteiger partial charge in [0, 0.05) is 4.88 Å². The summed E-state index contributed by atoms with van der Waals surface area (Å²) in [5.41, 5.74) is 2.41. The molecule has 1 aliphatic carbocycles. The average Bonchev–Trinajstić information content (AvgIpc) is 2.64. The van der Waals surface area contributed by atoms with Crippen molar-refractivity contribution < 1.29 is 0 Å². The van der Waals surface area contributed by atoms with E-state index in [9.17, 15) is 0 Å². The molecule has 0 unspecified atom stereocenters. The molecule has 0 bridgehead atoms. The predicted octanol–water partition coefficient (Wildman–Crippen LogP) is 2.73. The molecule has 3 heteroatoms. The lowest BCUT2D eigenvalue weighted by molar-refractivity contribution is 1.35. The summed E-state index contributed by atoms with van der Waals surface area (Å²) in [7, 11) is 0. The summed E-state index contributed by atoms with van der Waals surface area (Å²) in [6, 6.07) is 8.44. The van der Waals surface area contributed by atoms with Crippen LogP contribution in [0.4, 0.5) is 0 Å². The molecule has 3 rings (SSSR count). The summed E-state index contributed by atoms with van der Waals surface area (Å²) in [4.78, 5) is 9.69. The van der Waals surface area contributed by atoms with Gasteiger partial charge in [-0.25, -0.2) is 4.98 Å². The molecular formula is C9H6N2S. The zero-order chi connectivity index (χ0) is 7.97. The first-order valence-corrected chi connectivity index (χ1v) is 4.57. The maximum atomic E-state index is 4.21. The minimum atomic E-state index is 1.08. The third-order valence-corrected chi connectivity index (χ3v) is 3.06. The quantitative estimate of drug-likeness (QED) is 0.557. The lowest BCUT2D eigenvalue weighted by Gasteiger charge is -1.95. The van der Waals surface area contributed by atoms with Gasteiger partial charge in [-0.1, -0.05) is 12.1 Å². The number of hydrogen-bond donors (Lipinski definition) is 1. The fourth-order valence-corrected chi connectivity index (χ4v) is 2.30. The number of hydrogen-bond acceptors (Lipinski definition) is 2. The van der Waals surface area contributed by atoms with Crippen molar-refractivity contribution in [2.24, 2.45) is 0 Å². The highest BCUT2D eigenvalue weighted by molar-refractivity contribution is 7.21. The molecule has 2 nitrogen and oxygen atoms in total. The Bertz CT molecular complexity index is 452. The van der Waals surface area contributed by atoms with Gasteiger partial charge in [-0.2, -0.15) is 0 Å². The molecule has 0 radical (unpaired) electrons. The molecule has 1 N–H and O–H groups in total. The van der Waals surface area contributed by atoms with Gasteiger partial charge in [-0.3, -0.25) is 0 Å². The highest BCUT2D eigenvalue weighted by atomic mass is 32.1. The van der Waals surface area contributed by atoms with Crippen LogP contribution < -0.4 is 0 Å². The van der Waals surface area contributed by atoms with Crippen LogP contribution in [0.3, 0.4) is 0 Å². The number of fused-ring (bicyclic) bond motifs is 2. The van der Waals surface area contributed by atoms with Crippen LogP contribution in [-0.2, 0) is 0 Å². The van der Waals surface area contributed by atoms with Gasteiger partial charge < -0.3 is 4.98 Å². The molecule has 0 fully saturated rings. The van der Waals surface area contributed by atoms with E-state index in [1.807, 2.05) is 0 Å². The molecule has 0 spiro atoms. The molecule has 0 aromatic carbocycles. The zero-order valence-electron chi connectivity index (χ0n) is 6.24. The third-order valence-electron chi connectivity index (χ3n) is 1.95. The monoisotopic (exact) mass is 174 g/mol. The smallest absolute Gasteiger partial charge is 0.141 e. The number of nitrogens with one attached hydrogen (secondary N) is 1. The molecule has 0 amide bonds. The van der Waals surface area contributed by atoms with E-state index in [1.165, 1.54) is 10.4 Å². The summed E-state index contributed by atoms with van der Waals surface area (Å²) in [6.07, 6.45) is 1.74. The van der Waals surface area contributed by atoms with Gasteiger partial charge in [-0.15, -0.1) is 11.3 Å². The minimum absolute atomic E-state index is 1.08. The van der Waals surface area contributed by atoms with E-state index in [0.29, 0.717) is 0 Å². The lowest BCUT2D eigenvalue weighted by atomic mass is 10.3. The van der Waals surface area contributed by atoms with Crippen molar-refractivity contribution in [3.8, 4) is 10.4 Å². The Hall–Kier alpha value is -1.35. The van der Waals surface area contributed by atoms with Crippen molar-refractivity contribution in [2.45, 2.75) is 0 Å². The Labute approximate surface area is 73.2 Å². The molecule has 0 saturated heterocycles. The molecular weight excluding hydrogens is 168 g/mol. The van der Waals surface area contributed by atoms with Gasteiger partial charge in [0.1, 0.15) is 4.83 Å². The Balaban J connectivity index is 2.56. The van der Waals surface area contributed by atoms with Crippen LogP contribution in [0.2, 0.25) is 0 Å². The lowest BCUT2D eigenvalue weighted by Crippen LogP contribution is -1.70. The summed E-state index contributed by atoms with van der Waals surface area (Å²) in [5.74, 6) is 0. The van der Waals surface area contributed by atoms with Gasteiger partial charge in [0.05, 0.1) is 11.8 Å². The molecule has 2 aliphatic rings. The van der Waals surface area contributed by atoms with E-state index < -0.39 is 0 Å². The number of aromatic amines is 1. The highest BCUT2D eigenvalue weighted by Crippen LogP contribution is 2.32. The molecule has 1 aliphatic heterocycles. The Morgan fingerprint density at radius 1 is 1.33 bits per heavy atom. The van der Waals surface area contributed by atoms with E-state index in [0.717, 1.165) is 10.3 Å². The van der Waals surface area contributed by atoms with E-state index in [-0.39, 0.29) is 0 Å². The van der Waals surface area contributed by atoms with Crippen molar-refractivity contribution in [3.05, 3.63) is 30.6 Å². The van der Waals surface area contributed by atoms with Gasteiger partial charge >= 0.3 is 0 Å². The second kappa shape index (κ2) is 2.08. The van der Waals surface area contributed by atoms with Crippen molar-refractivity contribution in [1.29, 1.82) is 0 Å². The van der Waals surface area contributed by atoms with Crippen LogP contribution in [-0.4, -0.2) is 9.97 Å². The topological polar surface area (TPSA) is 28.7 Å². The van der Waals surface area contributed by atoms with Gasteiger partial charge in [0.25, 0.3) is 0 Å². The van der Waals surface area contributed by atoms with Crippen molar-refractivity contribution in [1.82, 2.24) is 9.97 Å². The van der Waals surface area contributed by atoms with Crippen molar-refractivity contribution in [3.63, 3.8) is 0 Å². The molecule has 1 aromatic heterocycles. The molecule has 58 valence electrons. The normalized spacial score (nSPS) is 11.3. The second-order valence-electron chi connectivity index (χ2n) is 2.71. The Kier molecular flexibility index (Phi) is 1.07. The first-order valence-electron chi connectivity index (χ1n) is 3.75. The number of nitrogens with zero attached hydrogens (tertiary/aromatic N) is 1. The SMILES string of the molecule is c1cc2cc3[nH]cnc3sc-2c1. The first-order chi connectivity index (χ1) is 5.93. The molecule has 0 atom stereocenters. The van der Waals surface area contributed by atoms with Crippen molar-refractivity contribution in [2.75, 3.05) is 0 Å². The van der Waals surface area contributed by atoms with E-state index in [4.69, 9.17) is 0 Å². The van der Waals surface area contributed by atoms with Crippen LogP contribution in [0.25, 0.3) is 20.8 Å². The Morgan fingerprint density at radius 2 is 2.33 bits per heavy atom. The number of imidazole rings is 1. The largest absolute Gasteiger partial charge is 0.344 e. The third kappa shape index (κ3) is 0.713. The zero-order valence-corrected chi connectivity index (χ0v) is 7.06. The first kappa shape index (κ1) is 6.20. The molecule has 1 aromatic rings. The number of H-pyrrole nitrogens is 1. The fourth-order valence-electron chi connectivity index (χ4n) is 1.37. The second-order valence-corrected chi connectivity index (χ2v) is 3.74. The Morgan fingerprint density at radius 3 is 3.33 bits per heavy atom. The van der Waals surface area contributed by atoms with Gasteiger partial charge in [-0.05, 0) is 17.7 Å². The number of rotatable bonds is 0. The summed E-state index contributed by atoms with van der Waals surface area (Å²) in [6.45, 7) is 0. The molecule has 0 saturated carbocycles. The average molecular weight is 174 g/mol. The van der Waals surface area contributed by atoms with Crippen LogP contribution >= 0.6 is 11.3 Å². The van der Waals surface area contributed by atoms with Crippen molar-refractivity contribution >= 4 is 21.7 Å². The van der Waals surface area contributed by atoms with E-state index >= 15 is 0 Å². The van der Waals surface area contributed by atoms with Gasteiger partial charge in [0.15, 0.2) is 0 Å². The maximum Gasteiger partial charge on any atom is 0.141 e. The highest BCUT2D eigenvalue weighted by Gasteiger charge is 2.05. The van der Waals surface area contributed by atoms with E-state index in [2.05, 4.69) is 34.2 Å². The predicted molar refractivity (Wildman–Crippen MR) is 50.6 cm³/mol. The van der Waals surface area contributed by atoms with Crippen LogP contribution in [0.15, 0.2) is 30.6 Å². The summed E-state index contributed by atoms with van der Waals surface area (Å²) >= 11 is 1.72. The van der Waals surface area contributed by atoms with Crippen LogP contribution in [0.1, 0.15) is 0 Å². The summed E-state index contributed by atoms with van der Waals surface area (Å²) < 4.78 is 0. The van der Waals surface area contributed by atoms with E-state index in [1.54, 1.807) is 17.7 Å². The standard InChI is InChI=1S/C9H6N2S/c1-2-6-4-7-9(11-5-10-7)12-8(6)3-1/h1-5H,(H,10,11). The van der Waals surface area contributed by atoms with Crippen LogP contribution in [0.5, 0.6) is 0 Å². The summed E-state index contributed by atoms with van der Waals surface area (Å²) in [5, 5.41) is 0. The fraction of sp³-hybridized carbons (Fsp3) is 0. The maximum absolute atomic E-state index is 4.21. The number of aromatic nitrogens is 2. The van der Waals surface area contributed by atoms with Crippen LogP contribution in [0, 0.1) is 0 Å². The molecule has 12 heavy (non-hydrogen) atoms. The van der Waals surface area contributed by atoms with Gasteiger partial charge in [0.2, 0.25) is 0 Å².